The molecule has 4 heterocycles. The van der Waals surface area contributed by atoms with Gasteiger partial charge in [-0.15, -0.1) is 0 Å². The molecule has 0 aliphatic carbocycles. The highest BCUT2D eigenvalue weighted by molar-refractivity contribution is 5.91. The minimum Gasteiger partial charge on any atom is -0.391 e. The predicted octanol–water partition coefficient (Wildman–Crippen LogP) is 2.17. The molecule has 136 valence electrons. The van der Waals surface area contributed by atoms with Crippen LogP contribution in [0.3, 0.4) is 0 Å². The molecule has 0 amide bonds. The van der Waals surface area contributed by atoms with Gasteiger partial charge in [-0.3, -0.25) is 4.79 Å². The van der Waals surface area contributed by atoms with E-state index in [1.54, 1.807) is 6.20 Å². The van der Waals surface area contributed by atoms with E-state index in [0.717, 1.165) is 36.4 Å². The lowest BCUT2D eigenvalue weighted by atomic mass is 10.1. The Morgan fingerprint density at radius 2 is 2.00 bits per heavy atom. The summed E-state index contributed by atoms with van der Waals surface area (Å²) in [6, 6.07) is 13.3. The number of pyridine rings is 2. The van der Waals surface area contributed by atoms with Crippen LogP contribution in [-0.2, 0) is 0 Å². The van der Waals surface area contributed by atoms with E-state index in [0.29, 0.717) is 23.3 Å². The van der Waals surface area contributed by atoms with Crippen LogP contribution in [0.15, 0.2) is 53.5 Å². The van der Waals surface area contributed by atoms with Gasteiger partial charge in [-0.05, 0) is 37.1 Å². The van der Waals surface area contributed by atoms with Crippen LogP contribution < -0.4 is 10.5 Å². The molecule has 7 nitrogen and oxygen atoms in total. The van der Waals surface area contributed by atoms with Crippen molar-refractivity contribution in [3.8, 4) is 16.9 Å². The zero-order valence-electron chi connectivity index (χ0n) is 14.7. The van der Waals surface area contributed by atoms with Crippen molar-refractivity contribution in [2.45, 2.75) is 18.9 Å². The topological polar surface area (TPSA) is 87.0 Å². The Kier molecular flexibility index (Phi) is 3.68. The van der Waals surface area contributed by atoms with Crippen LogP contribution >= 0.6 is 0 Å². The number of anilines is 1. The number of piperidine rings is 1. The number of benzene rings is 1. The lowest BCUT2D eigenvalue weighted by Gasteiger charge is -2.31. The predicted molar refractivity (Wildman–Crippen MR) is 104 cm³/mol. The van der Waals surface area contributed by atoms with Crippen LogP contribution in [0, 0.1) is 0 Å². The van der Waals surface area contributed by atoms with Crippen molar-refractivity contribution in [2.24, 2.45) is 0 Å². The van der Waals surface area contributed by atoms with Gasteiger partial charge in [-0.2, -0.15) is 9.78 Å². The smallest absolute Gasteiger partial charge is 0.282 e. The average molecular weight is 361 g/mol. The van der Waals surface area contributed by atoms with E-state index in [1.165, 1.54) is 4.68 Å². The van der Waals surface area contributed by atoms with Crippen LogP contribution in [0.4, 0.5) is 5.82 Å². The number of nitrogens with one attached hydrogen (secondary N) is 1. The molecule has 0 spiro atoms. The molecule has 2 N–H and O–H groups in total. The maximum absolute atomic E-state index is 12.8. The summed E-state index contributed by atoms with van der Waals surface area (Å²) >= 11 is 0. The second-order valence-corrected chi connectivity index (χ2v) is 6.91. The van der Waals surface area contributed by atoms with Crippen molar-refractivity contribution in [2.75, 3.05) is 18.0 Å². The Morgan fingerprint density at radius 3 is 2.81 bits per heavy atom. The molecule has 1 unspecified atom stereocenters. The fourth-order valence-electron chi connectivity index (χ4n) is 3.70. The van der Waals surface area contributed by atoms with Gasteiger partial charge < -0.3 is 15.0 Å². The number of nitrogens with zero attached hydrogens (tertiary/aromatic N) is 4. The zero-order chi connectivity index (χ0) is 18.4. The van der Waals surface area contributed by atoms with Crippen LogP contribution in [-0.4, -0.2) is 44.0 Å². The van der Waals surface area contributed by atoms with Gasteiger partial charge in [0.1, 0.15) is 17.0 Å². The Morgan fingerprint density at radius 1 is 1.15 bits per heavy atom. The van der Waals surface area contributed by atoms with Gasteiger partial charge >= 0.3 is 0 Å². The number of β-amino-alcohol motifs (C(OH)–C–C–N with tert-alkyl or cyclic N) is 1. The average Bonchev–Trinajstić information content (AvgIpc) is 3.05. The largest absolute Gasteiger partial charge is 0.391 e. The molecule has 0 radical (unpaired) electrons. The first-order valence-electron chi connectivity index (χ1n) is 9.10. The number of H-pyrrole nitrogens is 1. The van der Waals surface area contributed by atoms with Crippen molar-refractivity contribution in [3.63, 3.8) is 0 Å². The number of hydrogen-bond acceptors (Lipinski definition) is 5. The number of aliphatic hydroxyl groups is 1. The molecule has 7 heteroatoms. The van der Waals surface area contributed by atoms with E-state index in [2.05, 4.69) is 15.0 Å². The molecule has 1 saturated heterocycles. The second-order valence-electron chi connectivity index (χ2n) is 6.91. The third-order valence-electron chi connectivity index (χ3n) is 5.08. The highest BCUT2D eigenvalue weighted by Crippen LogP contribution is 2.27. The van der Waals surface area contributed by atoms with Crippen molar-refractivity contribution >= 4 is 16.9 Å². The van der Waals surface area contributed by atoms with Gasteiger partial charge in [0.25, 0.3) is 5.56 Å². The minimum atomic E-state index is -0.330. The summed E-state index contributed by atoms with van der Waals surface area (Å²) in [5.74, 6) is 0.795. The number of fused-ring (bicyclic) bond motifs is 3. The molecule has 1 atom stereocenters. The van der Waals surface area contributed by atoms with Crippen molar-refractivity contribution in [3.05, 3.63) is 59.0 Å². The summed E-state index contributed by atoms with van der Waals surface area (Å²) < 4.78 is 1.41. The molecule has 5 rings (SSSR count). The molecule has 3 aliphatic rings. The first-order valence-corrected chi connectivity index (χ1v) is 9.10. The maximum atomic E-state index is 12.8. The van der Waals surface area contributed by atoms with E-state index < -0.39 is 0 Å². The summed E-state index contributed by atoms with van der Waals surface area (Å²) in [4.78, 5) is 22.8. The third-order valence-corrected chi connectivity index (χ3v) is 5.08. The van der Waals surface area contributed by atoms with E-state index >= 15 is 0 Å². The third kappa shape index (κ3) is 2.67. The summed E-state index contributed by atoms with van der Waals surface area (Å²) in [7, 11) is 0. The number of aliphatic hydroxyl groups excluding tert-OH is 1. The molecular formula is C20H19N5O2. The first kappa shape index (κ1) is 16.0. The quantitative estimate of drug-likeness (QED) is 0.571. The van der Waals surface area contributed by atoms with E-state index in [1.807, 2.05) is 42.5 Å². The van der Waals surface area contributed by atoms with Crippen molar-refractivity contribution < 1.29 is 5.11 Å². The molecule has 1 aromatic carbocycles. The fraction of sp³-hybridized carbons (Fsp3) is 0.250. The van der Waals surface area contributed by atoms with Crippen LogP contribution in [0.25, 0.3) is 28.0 Å². The minimum absolute atomic E-state index is 0.171. The Labute approximate surface area is 155 Å². The summed E-state index contributed by atoms with van der Waals surface area (Å²) in [5, 5.41) is 14.5. The van der Waals surface area contributed by atoms with E-state index in [9.17, 15) is 9.90 Å². The van der Waals surface area contributed by atoms with E-state index in [4.69, 9.17) is 4.98 Å². The highest BCUT2D eigenvalue weighted by Gasteiger charge is 2.22. The standard InChI is InChI=1S/C20H19N5O2/c26-14-7-4-10-24(12-14)17-9-8-16-19(22-17)18-15(11-21-16)20(27)25(23-18)13-5-2-1-3-6-13/h1-3,5-6,8-9,11,14,21,26H,4,7,10,12H2. The lowest BCUT2D eigenvalue weighted by Crippen LogP contribution is -2.38. The van der Waals surface area contributed by atoms with Crippen LogP contribution in [0.5, 0.6) is 0 Å². The molecule has 1 aromatic heterocycles. The maximum Gasteiger partial charge on any atom is 0.282 e. The van der Waals surface area contributed by atoms with Crippen LogP contribution in [0.1, 0.15) is 12.8 Å². The monoisotopic (exact) mass is 361 g/mol. The number of rotatable bonds is 2. The van der Waals surface area contributed by atoms with Gasteiger partial charge in [0.2, 0.25) is 0 Å². The van der Waals surface area contributed by atoms with Gasteiger partial charge in [0.05, 0.1) is 22.9 Å². The molecular weight excluding hydrogens is 342 g/mol. The first-order chi connectivity index (χ1) is 13.2. The van der Waals surface area contributed by atoms with Crippen molar-refractivity contribution in [1.29, 1.82) is 0 Å². The highest BCUT2D eigenvalue weighted by atomic mass is 16.3. The number of hydrogen-bond donors (Lipinski definition) is 2. The summed E-state index contributed by atoms with van der Waals surface area (Å²) in [6.07, 6.45) is 3.12. The fourth-order valence-corrected chi connectivity index (χ4v) is 3.70. The SMILES string of the molecule is O=c1c2c[nH]c3ccc(N4CCCC(O)C4)nc3c-2nn1-c1ccccc1. The zero-order valence-corrected chi connectivity index (χ0v) is 14.7. The second kappa shape index (κ2) is 6.21. The number of aromatic amines is 1. The van der Waals surface area contributed by atoms with Crippen molar-refractivity contribution in [1.82, 2.24) is 19.7 Å². The number of para-hydroxylation sites is 1. The van der Waals surface area contributed by atoms with Crippen LogP contribution in [0.2, 0.25) is 0 Å². The Hall–Kier alpha value is -3.19. The summed E-state index contributed by atoms with van der Waals surface area (Å²) in [5.41, 5.74) is 3.13. The van der Waals surface area contributed by atoms with Gasteiger partial charge in [0.15, 0.2) is 0 Å². The van der Waals surface area contributed by atoms with Gasteiger partial charge in [0, 0.05) is 19.3 Å². The normalized spacial score (nSPS) is 17.7. The Balaban J connectivity index is 1.67. The van der Waals surface area contributed by atoms with E-state index in [-0.39, 0.29) is 11.7 Å². The molecule has 3 aliphatic heterocycles. The summed E-state index contributed by atoms with van der Waals surface area (Å²) in [6.45, 7) is 1.43. The van der Waals surface area contributed by atoms with Gasteiger partial charge in [-0.1, -0.05) is 18.2 Å². The molecule has 0 bridgehead atoms. The van der Waals surface area contributed by atoms with Gasteiger partial charge in [-0.25, -0.2) is 4.98 Å². The lowest BCUT2D eigenvalue weighted by molar-refractivity contribution is 0.154. The number of aromatic nitrogens is 4. The molecule has 2 aromatic rings. The molecule has 1 fully saturated rings. The Bertz CT molecular complexity index is 1130. The molecule has 27 heavy (non-hydrogen) atoms. The molecule has 0 saturated carbocycles.